The van der Waals surface area contributed by atoms with Crippen LogP contribution in [0.5, 0.6) is 0 Å². The number of hydrogen-bond acceptors (Lipinski definition) is 3. The molecule has 2 N–H and O–H groups in total. The number of nitrogens with one attached hydrogen (secondary N) is 1. The highest BCUT2D eigenvalue weighted by molar-refractivity contribution is 7.17. The maximum Gasteiger partial charge on any atom is 0.232 e. The van der Waals surface area contributed by atoms with Gasteiger partial charge in [-0.1, -0.05) is 78.9 Å². The van der Waals surface area contributed by atoms with Gasteiger partial charge in [0, 0.05) is 16.8 Å². The van der Waals surface area contributed by atoms with Gasteiger partial charge in [-0.25, -0.2) is 0 Å². The molecule has 0 saturated heterocycles. The Bertz CT molecular complexity index is 1020. The van der Waals surface area contributed by atoms with E-state index in [2.05, 4.69) is 5.32 Å². The largest absolute Gasteiger partial charge is 0.387 e. The summed E-state index contributed by atoms with van der Waals surface area (Å²) < 4.78 is 1.13. The van der Waals surface area contributed by atoms with Crippen molar-refractivity contribution in [1.29, 1.82) is 0 Å². The zero-order valence-corrected chi connectivity index (χ0v) is 16.1. The van der Waals surface area contributed by atoms with Crippen LogP contribution in [-0.4, -0.2) is 17.6 Å². The molecule has 4 heteroatoms. The summed E-state index contributed by atoms with van der Waals surface area (Å²) in [4.78, 5) is 13.1. The molecular formula is C24H21NO2S. The predicted molar refractivity (Wildman–Crippen MR) is 115 cm³/mol. The van der Waals surface area contributed by atoms with Gasteiger partial charge in [0.15, 0.2) is 0 Å². The molecule has 0 spiro atoms. The molecule has 4 rings (SSSR count). The molecule has 1 heterocycles. The van der Waals surface area contributed by atoms with Crippen molar-refractivity contribution in [3.63, 3.8) is 0 Å². The first-order chi connectivity index (χ1) is 13.7. The fraction of sp³-hybridized carbons (Fsp3) is 0.125. The van der Waals surface area contributed by atoms with Crippen LogP contribution in [0.4, 0.5) is 0 Å². The van der Waals surface area contributed by atoms with Crippen molar-refractivity contribution in [1.82, 2.24) is 5.32 Å². The third-order valence-corrected chi connectivity index (χ3v) is 5.85. The Labute approximate surface area is 168 Å². The number of benzene rings is 3. The number of carbonyl (C=O) groups excluding carboxylic acids is 1. The van der Waals surface area contributed by atoms with Gasteiger partial charge in [-0.2, -0.15) is 0 Å². The first-order valence-electron chi connectivity index (χ1n) is 9.26. The second-order valence-corrected chi connectivity index (χ2v) is 7.61. The van der Waals surface area contributed by atoms with Crippen molar-refractivity contribution in [3.8, 4) is 0 Å². The first kappa shape index (κ1) is 18.4. The maximum absolute atomic E-state index is 13.1. The van der Waals surface area contributed by atoms with Gasteiger partial charge in [0.1, 0.15) is 0 Å². The lowest BCUT2D eigenvalue weighted by molar-refractivity contribution is -0.122. The molecule has 1 aromatic heterocycles. The molecule has 0 aliphatic heterocycles. The molecule has 1 amide bonds. The minimum Gasteiger partial charge on any atom is -0.387 e. The van der Waals surface area contributed by atoms with Gasteiger partial charge in [-0.3, -0.25) is 4.79 Å². The van der Waals surface area contributed by atoms with Crippen molar-refractivity contribution < 1.29 is 9.90 Å². The molecule has 0 aliphatic rings. The lowest BCUT2D eigenvalue weighted by Gasteiger charge is -2.19. The fourth-order valence-corrected chi connectivity index (χ4v) is 4.46. The predicted octanol–water partition coefficient (Wildman–Crippen LogP) is 4.88. The van der Waals surface area contributed by atoms with Crippen molar-refractivity contribution in [2.45, 2.75) is 12.0 Å². The van der Waals surface area contributed by atoms with E-state index in [0.29, 0.717) is 0 Å². The number of rotatable bonds is 6. The SMILES string of the molecule is O=C(NCC(O)c1csc2ccccc12)C(c1ccccc1)c1ccccc1. The van der Waals surface area contributed by atoms with Crippen LogP contribution in [0, 0.1) is 0 Å². The summed E-state index contributed by atoms with van der Waals surface area (Å²) in [6.45, 7) is 0.176. The number of hydrogen-bond donors (Lipinski definition) is 2. The smallest absolute Gasteiger partial charge is 0.232 e. The van der Waals surface area contributed by atoms with E-state index >= 15 is 0 Å². The van der Waals surface area contributed by atoms with Gasteiger partial charge in [-0.15, -0.1) is 11.3 Å². The minimum absolute atomic E-state index is 0.115. The van der Waals surface area contributed by atoms with Gasteiger partial charge >= 0.3 is 0 Å². The number of aliphatic hydroxyl groups is 1. The summed E-state index contributed by atoms with van der Waals surface area (Å²) in [5.41, 5.74) is 2.72. The molecule has 0 bridgehead atoms. The third-order valence-electron chi connectivity index (χ3n) is 4.87. The topological polar surface area (TPSA) is 49.3 Å². The molecule has 3 nitrogen and oxygen atoms in total. The highest BCUT2D eigenvalue weighted by Gasteiger charge is 2.23. The molecule has 140 valence electrons. The van der Waals surface area contributed by atoms with Crippen molar-refractivity contribution in [3.05, 3.63) is 107 Å². The van der Waals surface area contributed by atoms with E-state index in [0.717, 1.165) is 26.8 Å². The Balaban J connectivity index is 1.53. The minimum atomic E-state index is -0.743. The Morgan fingerprint density at radius 1 is 0.857 bits per heavy atom. The number of fused-ring (bicyclic) bond motifs is 1. The van der Waals surface area contributed by atoms with Crippen molar-refractivity contribution in [2.24, 2.45) is 0 Å². The van der Waals surface area contributed by atoms with Crippen LogP contribution in [-0.2, 0) is 4.79 Å². The summed E-state index contributed by atoms with van der Waals surface area (Å²) in [6, 6.07) is 27.4. The average molecular weight is 388 g/mol. The Morgan fingerprint density at radius 2 is 1.43 bits per heavy atom. The second kappa shape index (κ2) is 8.38. The van der Waals surface area contributed by atoms with Gasteiger partial charge in [0.05, 0.1) is 12.0 Å². The zero-order valence-electron chi connectivity index (χ0n) is 15.3. The number of thiophene rings is 1. The van der Waals surface area contributed by atoms with Crippen LogP contribution in [0.3, 0.4) is 0 Å². The van der Waals surface area contributed by atoms with Crippen LogP contribution in [0.2, 0.25) is 0 Å². The second-order valence-electron chi connectivity index (χ2n) is 6.70. The molecule has 3 aromatic carbocycles. The average Bonchev–Trinajstić information content (AvgIpc) is 3.18. The Hall–Kier alpha value is -2.95. The van der Waals surface area contributed by atoms with E-state index in [9.17, 15) is 9.90 Å². The summed E-state index contributed by atoms with van der Waals surface area (Å²) in [5.74, 6) is -0.523. The van der Waals surface area contributed by atoms with Crippen molar-refractivity contribution in [2.75, 3.05) is 6.54 Å². The van der Waals surface area contributed by atoms with Crippen LogP contribution in [0.25, 0.3) is 10.1 Å². The highest BCUT2D eigenvalue weighted by atomic mass is 32.1. The molecule has 1 unspecified atom stereocenters. The van der Waals surface area contributed by atoms with E-state index in [-0.39, 0.29) is 12.5 Å². The summed E-state index contributed by atoms with van der Waals surface area (Å²) in [6.07, 6.45) is -0.743. The Kier molecular flexibility index (Phi) is 5.51. The number of carbonyl (C=O) groups is 1. The van der Waals surface area contributed by atoms with Crippen LogP contribution < -0.4 is 5.32 Å². The summed E-state index contributed by atoms with van der Waals surface area (Å²) >= 11 is 1.60. The fourth-order valence-electron chi connectivity index (χ4n) is 3.45. The molecule has 28 heavy (non-hydrogen) atoms. The quantitative estimate of drug-likeness (QED) is 0.495. The number of amides is 1. The molecule has 1 atom stereocenters. The molecule has 0 fully saturated rings. The van der Waals surface area contributed by atoms with Gasteiger partial charge in [0.2, 0.25) is 5.91 Å². The van der Waals surface area contributed by atoms with Crippen LogP contribution in [0.1, 0.15) is 28.7 Å². The molecular weight excluding hydrogens is 366 g/mol. The van der Waals surface area contributed by atoms with Gasteiger partial charge in [0.25, 0.3) is 0 Å². The lowest BCUT2D eigenvalue weighted by Crippen LogP contribution is -2.33. The monoisotopic (exact) mass is 387 g/mol. The Morgan fingerprint density at radius 3 is 2.07 bits per heavy atom. The van der Waals surface area contributed by atoms with E-state index < -0.39 is 12.0 Å². The van der Waals surface area contributed by atoms with E-state index in [1.54, 1.807) is 11.3 Å². The van der Waals surface area contributed by atoms with Crippen LogP contribution in [0.15, 0.2) is 90.3 Å². The van der Waals surface area contributed by atoms with Crippen LogP contribution >= 0.6 is 11.3 Å². The van der Waals surface area contributed by atoms with Crippen molar-refractivity contribution >= 4 is 27.3 Å². The van der Waals surface area contributed by atoms with E-state index in [1.165, 1.54) is 0 Å². The molecule has 0 saturated carbocycles. The molecule has 0 radical (unpaired) electrons. The maximum atomic E-state index is 13.1. The molecule has 4 aromatic rings. The number of aliphatic hydroxyl groups excluding tert-OH is 1. The highest BCUT2D eigenvalue weighted by Crippen LogP contribution is 2.30. The van der Waals surface area contributed by atoms with Gasteiger partial charge < -0.3 is 10.4 Å². The standard InChI is InChI=1S/C24H21NO2S/c26-21(20-16-28-22-14-8-7-13-19(20)22)15-25-24(27)23(17-9-3-1-4-10-17)18-11-5-2-6-12-18/h1-14,16,21,23,26H,15H2,(H,25,27). The lowest BCUT2D eigenvalue weighted by atomic mass is 9.90. The first-order valence-corrected chi connectivity index (χ1v) is 10.1. The zero-order chi connectivity index (χ0) is 19.3. The third kappa shape index (κ3) is 3.84. The van der Waals surface area contributed by atoms with Gasteiger partial charge in [-0.05, 0) is 28.0 Å². The molecule has 0 aliphatic carbocycles. The van der Waals surface area contributed by atoms with E-state index in [1.807, 2.05) is 90.3 Å². The summed E-state index contributed by atoms with van der Waals surface area (Å²) in [7, 11) is 0. The normalized spacial score (nSPS) is 12.2. The summed E-state index contributed by atoms with van der Waals surface area (Å²) in [5, 5.41) is 16.6. The van der Waals surface area contributed by atoms with E-state index in [4.69, 9.17) is 0 Å².